The molecule has 1 saturated heterocycles. The van der Waals surface area contributed by atoms with E-state index in [1.807, 2.05) is 24.5 Å². The third kappa shape index (κ3) is 2.85. The van der Waals surface area contributed by atoms with Gasteiger partial charge in [-0.2, -0.15) is 0 Å². The Balaban J connectivity index is 1.64. The predicted molar refractivity (Wildman–Crippen MR) is 94.3 cm³/mol. The second-order valence-electron chi connectivity index (χ2n) is 6.82. The lowest BCUT2D eigenvalue weighted by atomic mass is 9.80. The van der Waals surface area contributed by atoms with Crippen molar-refractivity contribution in [1.29, 1.82) is 0 Å². The van der Waals surface area contributed by atoms with Crippen LogP contribution < -0.4 is 5.32 Å². The first-order chi connectivity index (χ1) is 12.2. The minimum absolute atomic E-state index is 0.0455. The molecule has 3 heterocycles. The molecule has 0 aliphatic carbocycles. The maximum Gasteiger partial charge on any atom is 0.251 e. The van der Waals surface area contributed by atoms with Crippen molar-refractivity contribution in [2.45, 2.75) is 31.3 Å². The third-order valence-corrected chi connectivity index (χ3v) is 5.51. The van der Waals surface area contributed by atoms with Crippen LogP contribution >= 0.6 is 0 Å². The zero-order chi connectivity index (χ0) is 17.3. The van der Waals surface area contributed by atoms with E-state index in [1.54, 1.807) is 7.05 Å². The summed E-state index contributed by atoms with van der Waals surface area (Å²) >= 11 is 0. The lowest BCUT2D eigenvalue weighted by Crippen LogP contribution is -2.53. The van der Waals surface area contributed by atoms with E-state index in [2.05, 4.69) is 26.3 Å². The van der Waals surface area contributed by atoms with Gasteiger partial charge in [-0.1, -0.05) is 12.1 Å². The van der Waals surface area contributed by atoms with E-state index in [0.29, 0.717) is 5.56 Å². The Morgan fingerprint density at radius 1 is 1.40 bits per heavy atom. The Hall–Kier alpha value is -2.18. The molecule has 6 heteroatoms. The molecule has 25 heavy (non-hydrogen) atoms. The molecular weight excluding hydrogens is 316 g/mol. The average molecular weight is 340 g/mol. The van der Waals surface area contributed by atoms with Crippen molar-refractivity contribution >= 4 is 5.91 Å². The van der Waals surface area contributed by atoms with E-state index in [9.17, 15) is 4.79 Å². The van der Waals surface area contributed by atoms with Gasteiger partial charge in [0, 0.05) is 51.0 Å². The quantitative estimate of drug-likeness (QED) is 0.894. The maximum absolute atomic E-state index is 11.9. The van der Waals surface area contributed by atoms with Crippen LogP contribution in [0.2, 0.25) is 0 Å². The summed E-state index contributed by atoms with van der Waals surface area (Å²) in [5, 5.41) is 2.70. The van der Waals surface area contributed by atoms with Gasteiger partial charge in [0.25, 0.3) is 5.91 Å². The van der Waals surface area contributed by atoms with Gasteiger partial charge in [0.05, 0.1) is 17.6 Å². The topological polar surface area (TPSA) is 70.2 Å². The molecule has 1 fully saturated rings. The molecule has 1 amide bonds. The number of hydrogen-bond acceptors (Lipinski definition) is 4. The summed E-state index contributed by atoms with van der Waals surface area (Å²) < 4.78 is 5.63. The fourth-order valence-electron chi connectivity index (χ4n) is 4.19. The highest BCUT2D eigenvalue weighted by Gasteiger charge is 2.45. The molecule has 0 bridgehead atoms. The van der Waals surface area contributed by atoms with Gasteiger partial charge >= 0.3 is 0 Å². The summed E-state index contributed by atoms with van der Waals surface area (Å²) in [7, 11) is 1.66. The maximum atomic E-state index is 11.9. The number of ether oxygens (including phenoxy) is 1. The van der Waals surface area contributed by atoms with Gasteiger partial charge in [0.15, 0.2) is 0 Å². The van der Waals surface area contributed by atoms with Crippen molar-refractivity contribution in [1.82, 2.24) is 20.2 Å². The Bertz CT molecular complexity index is 764. The standard InChI is InChI=1S/C19H24N4O2/c1-20-18(24)15-4-2-3-14(11-15)12-23-8-5-16-17(22-13-21-16)19(23)6-9-25-10-7-19/h2-4,11,13H,5-10,12H2,1H3,(H,20,24)(H,21,22). The highest BCUT2D eigenvalue weighted by Crippen LogP contribution is 2.42. The Kier molecular flexibility index (Phi) is 4.31. The Morgan fingerprint density at radius 3 is 3.04 bits per heavy atom. The van der Waals surface area contributed by atoms with Crippen molar-refractivity contribution in [2.24, 2.45) is 0 Å². The average Bonchev–Trinajstić information content (AvgIpc) is 3.15. The number of rotatable bonds is 3. The molecule has 4 rings (SSSR count). The second kappa shape index (κ2) is 6.61. The first-order valence-electron chi connectivity index (χ1n) is 8.89. The number of nitrogens with one attached hydrogen (secondary N) is 2. The minimum Gasteiger partial charge on any atom is -0.381 e. The number of benzene rings is 1. The number of fused-ring (bicyclic) bond motifs is 2. The molecule has 2 aliphatic heterocycles. The molecule has 1 spiro atoms. The predicted octanol–water partition coefficient (Wildman–Crippen LogP) is 1.83. The number of hydrogen-bond donors (Lipinski definition) is 2. The monoisotopic (exact) mass is 340 g/mol. The van der Waals surface area contributed by atoms with E-state index < -0.39 is 0 Å². The molecule has 0 atom stereocenters. The summed E-state index contributed by atoms with van der Waals surface area (Å²) in [5.74, 6) is -0.0455. The number of amides is 1. The lowest BCUT2D eigenvalue weighted by Gasteiger charge is -2.48. The number of nitrogens with zero attached hydrogens (tertiary/aromatic N) is 2. The van der Waals surface area contributed by atoms with Crippen LogP contribution in [0.1, 0.15) is 40.2 Å². The first kappa shape index (κ1) is 16.3. The van der Waals surface area contributed by atoms with Crippen LogP contribution in [0.5, 0.6) is 0 Å². The van der Waals surface area contributed by atoms with Crippen LogP contribution in [0.25, 0.3) is 0 Å². The van der Waals surface area contributed by atoms with Gasteiger partial charge in [-0.05, 0) is 30.5 Å². The van der Waals surface area contributed by atoms with Crippen molar-refractivity contribution in [3.63, 3.8) is 0 Å². The van der Waals surface area contributed by atoms with Crippen molar-refractivity contribution in [3.8, 4) is 0 Å². The Labute approximate surface area is 147 Å². The van der Waals surface area contributed by atoms with Gasteiger partial charge in [-0.25, -0.2) is 4.98 Å². The number of aromatic amines is 1. The van der Waals surface area contributed by atoms with Crippen LogP contribution in [-0.4, -0.2) is 47.6 Å². The Morgan fingerprint density at radius 2 is 2.24 bits per heavy atom. The van der Waals surface area contributed by atoms with Gasteiger partial charge in [0.2, 0.25) is 0 Å². The van der Waals surface area contributed by atoms with E-state index >= 15 is 0 Å². The largest absolute Gasteiger partial charge is 0.381 e. The van der Waals surface area contributed by atoms with Crippen LogP contribution in [0.3, 0.4) is 0 Å². The van der Waals surface area contributed by atoms with Gasteiger partial charge in [-0.15, -0.1) is 0 Å². The zero-order valence-corrected chi connectivity index (χ0v) is 14.5. The van der Waals surface area contributed by atoms with Crippen molar-refractivity contribution < 1.29 is 9.53 Å². The summed E-state index contributed by atoms with van der Waals surface area (Å²) in [6.45, 7) is 3.33. The molecular formula is C19H24N4O2. The number of H-pyrrole nitrogens is 1. The number of carbonyl (C=O) groups is 1. The van der Waals surface area contributed by atoms with Crippen molar-refractivity contribution in [3.05, 3.63) is 53.1 Å². The van der Waals surface area contributed by atoms with E-state index in [4.69, 9.17) is 4.74 Å². The van der Waals surface area contributed by atoms with Crippen LogP contribution in [0.15, 0.2) is 30.6 Å². The minimum atomic E-state index is -0.0607. The SMILES string of the molecule is CNC(=O)c1cccc(CN2CCc3[nH]cnc3C23CCOCC3)c1. The van der Waals surface area contributed by atoms with E-state index in [-0.39, 0.29) is 11.4 Å². The summed E-state index contributed by atoms with van der Waals surface area (Å²) in [4.78, 5) is 22.4. The molecule has 0 saturated carbocycles. The number of carbonyl (C=O) groups excluding carboxylic acids is 1. The van der Waals surface area contributed by atoms with E-state index in [1.165, 1.54) is 11.4 Å². The number of imidazole rings is 1. The molecule has 6 nitrogen and oxygen atoms in total. The third-order valence-electron chi connectivity index (χ3n) is 5.51. The zero-order valence-electron chi connectivity index (χ0n) is 14.5. The molecule has 132 valence electrons. The fourth-order valence-corrected chi connectivity index (χ4v) is 4.19. The molecule has 1 aromatic heterocycles. The van der Waals surface area contributed by atoms with Gasteiger partial charge < -0.3 is 15.0 Å². The molecule has 2 aliphatic rings. The highest BCUT2D eigenvalue weighted by atomic mass is 16.5. The summed E-state index contributed by atoms with van der Waals surface area (Å²) in [6, 6.07) is 7.90. The van der Waals surface area contributed by atoms with Crippen LogP contribution in [0, 0.1) is 0 Å². The summed E-state index contributed by atoms with van der Waals surface area (Å²) in [6.07, 6.45) is 4.71. The fraction of sp³-hybridized carbons (Fsp3) is 0.474. The molecule has 2 aromatic rings. The normalized spacial score (nSPS) is 19.6. The molecule has 0 unspecified atom stereocenters. The summed E-state index contributed by atoms with van der Waals surface area (Å²) in [5.41, 5.74) is 4.25. The lowest BCUT2D eigenvalue weighted by molar-refractivity contribution is -0.0450. The molecule has 1 aromatic carbocycles. The van der Waals surface area contributed by atoms with Crippen LogP contribution in [0.4, 0.5) is 0 Å². The smallest absolute Gasteiger partial charge is 0.251 e. The van der Waals surface area contributed by atoms with E-state index in [0.717, 1.165) is 51.1 Å². The van der Waals surface area contributed by atoms with Gasteiger partial charge in [-0.3, -0.25) is 9.69 Å². The number of aromatic nitrogens is 2. The van der Waals surface area contributed by atoms with Crippen molar-refractivity contribution in [2.75, 3.05) is 26.8 Å². The van der Waals surface area contributed by atoms with Gasteiger partial charge in [0.1, 0.15) is 0 Å². The first-order valence-corrected chi connectivity index (χ1v) is 8.89. The van der Waals surface area contributed by atoms with Crippen LogP contribution in [-0.2, 0) is 23.2 Å². The molecule has 0 radical (unpaired) electrons. The molecule has 2 N–H and O–H groups in total. The second-order valence-corrected chi connectivity index (χ2v) is 6.82. The highest BCUT2D eigenvalue weighted by molar-refractivity contribution is 5.94.